The van der Waals surface area contributed by atoms with E-state index in [1.807, 2.05) is 45.9 Å². The van der Waals surface area contributed by atoms with Gasteiger partial charge < -0.3 is 10.3 Å². The minimum atomic E-state index is -4.29. The van der Waals surface area contributed by atoms with E-state index in [0.29, 0.717) is 17.9 Å². The molecular formula is C33H41N5O4S2. The predicted molar refractivity (Wildman–Crippen MR) is 176 cm³/mol. The number of thiophene rings is 1. The van der Waals surface area contributed by atoms with Crippen molar-refractivity contribution in [3.05, 3.63) is 74.7 Å². The summed E-state index contributed by atoms with van der Waals surface area (Å²) < 4.78 is 40.8. The number of fused-ring (bicyclic) bond motifs is 1. The van der Waals surface area contributed by atoms with Crippen molar-refractivity contribution in [3.8, 4) is 11.1 Å². The molecule has 0 unspecified atom stereocenters. The quantitative estimate of drug-likeness (QED) is 0.160. The number of aryl methyl sites for hydroxylation is 5. The highest BCUT2D eigenvalue weighted by molar-refractivity contribution is 7.88. The number of nitrogens with two attached hydrogens (primary N) is 1. The molecule has 1 aromatic carbocycles. The van der Waals surface area contributed by atoms with E-state index in [0.717, 1.165) is 104 Å². The lowest BCUT2D eigenvalue weighted by Gasteiger charge is -2.13. The molecule has 0 radical (unpaired) electrons. The fourth-order valence-electron chi connectivity index (χ4n) is 5.74. The van der Waals surface area contributed by atoms with Crippen LogP contribution in [-0.2, 0) is 35.9 Å². The molecule has 4 heterocycles. The van der Waals surface area contributed by atoms with Gasteiger partial charge in [0, 0.05) is 39.2 Å². The monoisotopic (exact) mass is 635 g/mol. The third kappa shape index (κ3) is 6.90. The smallest absolute Gasteiger partial charge is 0.304 e. The van der Waals surface area contributed by atoms with E-state index >= 15 is 0 Å². The molecule has 9 nitrogen and oxygen atoms in total. The van der Waals surface area contributed by atoms with E-state index in [1.165, 1.54) is 12.8 Å². The molecule has 3 N–H and O–H groups in total. The molecule has 0 saturated heterocycles. The zero-order valence-electron chi connectivity index (χ0n) is 26.3. The molecule has 1 aliphatic carbocycles. The summed E-state index contributed by atoms with van der Waals surface area (Å²) in [6.07, 6.45) is 6.23. The van der Waals surface area contributed by atoms with Gasteiger partial charge in [0.2, 0.25) is 0 Å². The third-order valence-corrected chi connectivity index (χ3v) is 10.5. The molecule has 5 aromatic rings. The van der Waals surface area contributed by atoms with Crippen LogP contribution in [0.5, 0.6) is 0 Å². The highest BCUT2D eigenvalue weighted by Gasteiger charge is 2.24. The number of hydrogen-bond donors (Lipinski definition) is 2. The van der Waals surface area contributed by atoms with Crippen LogP contribution in [0.15, 0.2) is 39.1 Å². The summed E-state index contributed by atoms with van der Waals surface area (Å²) in [7, 11) is -4.29. The van der Waals surface area contributed by atoms with Crippen LogP contribution < -0.4 is 5.73 Å². The fourth-order valence-corrected chi connectivity index (χ4v) is 7.75. The average molecular weight is 636 g/mol. The van der Waals surface area contributed by atoms with Crippen LogP contribution in [0.3, 0.4) is 0 Å². The van der Waals surface area contributed by atoms with Crippen LogP contribution >= 0.6 is 11.3 Å². The Hall–Kier alpha value is -3.54. The fraction of sp³-hybridized carbons (Fsp3) is 0.424. The van der Waals surface area contributed by atoms with E-state index in [1.54, 1.807) is 0 Å². The lowest BCUT2D eigenvalue weighted by molar-refractivity contribution is 0.388. The molecule has 4 aromatic heterocycles. The topological polar surface area (TPSA) is 137 Å². The van der Waals surface area contributed by atoms with Crippen LogP contribution in [0.1, 0.15) is 77.5 Å². The van der Waals surface area contributed by atoms with Crippen LogP contribution in [0.2, 0.25) is 0 Å². The van der Waals surface area contributed by atoms with E-state index in [9.17, 15) is 13.0 Å². The maximum absolute atomic E-state index is 12.0. The maximum atomic E-state index is 12.0. The summed E-state index contributed by atoms with van der Waals surface area (Å²) in [6, 6.07) is 10.2. The van der Waals surface area contributed by atoms with Gasteiger partial charge in [-0.2, -0.15) is 13.5 Å². The van der Waals surface area contributed by atoms with Gasteiger partial charge in [0.1, 0.15) is 5.76 Å². The largest absolute Gasteiger partial charge is 0.381 e. The van der Waals surface area contributed by atoms with Crippen molar-refractivity contribution in [1.29, 1.82) is 0 Å². The van der Waals surface area contributed by atoms with Gasteiger partial charge >= 0.3 is 10.1 Å². The summed E-state index contributed by atoms with van der Waals surface area (Å²) >= 11 is 1.11. The first-order valence-electron chi connectivity index (χ1n) is 15.1. The molecule has 1 fully saturated rings. The second-order valence-corrected chi connectivity index (χ2v) is 14.6. The van der Waals surface area contributed by atoms with Crippen molar-refractivity contribution in [3.63, 3.8) is 0 Å². The molecule has 0 aliphatic heterocycles. The van der Waals surface area contributed by atoms with Crippen molar-refractivity contribution in [2.24, 2.45) is 5.92 Å². The second kappa shape index (κ2) is 12.8. The normalized spacial score (nSPS) is 13.3. The number of benzene rings is 1. The highest BCUT2D eigenvalue weighted by atomic mass is 32.3. The lowest BCUT2D eigenvalue weighted by Crippen LogP contribution is -2.05. The lowest BCUT2D eigenvalue weighted by atomic mass is 9.96. The van der Waals surface area contributed by atoms with Crippen molar-refractivity contribution in [2.45, 2.75) is 90.8 Å². The summed E-state index contributed by atoms with van der Waals surface area (Å²) in [4.78, 5) is 5.71. The van der Waals surface area contributed by atoms with Crippen molar-refractivity contribution >= 4 is 38.2 Å². The molecule has 0 atom stereocenters. The van der Waals surface area contributed by atoms with Gasteiger partial charge in [-0.1, -0.05) is 43.6 Å². The zero-order valence-corrected chi connectivity index (χ0v) is 27.9. The Balaban J connectivity index is 0.000000367. The first-order chi connectivity index (χ1) is 20.9. The molecule has 11 heteroatoms. The van der Waals surface area contributed by atoms with Gasteiger partial charge in [-0.15, -0.1) is 11.3 Å². The Labute approximate surface area is 263 Å². The van der Waals surface area contributed by atoms with Crippen LogP contribution in [-0.4, -0.2) is 32.9 Å². The van der Waals surface area contributed by atoms with E-state index in [4.69, 9.17) is 20.3 Å². The molecule has 0 bridgehead atoms. The summed E-state index contributed by atoms with van der Waals surface area (Å²) in [5.41, 5.74) is 14.3. The Kier molecular flexibility index (Phi) is 9.29. The second-order valence-electron chi connectivity index (χ2n) is 11.7. The number of hydrogen-bond acceptors (Lipinski definition) is 8. The number of nitrogen functional groups attached to an aromatic ring is 1. The highest BCUT2D eigenvalue weighted by Crippen LogP contribution is 2.38. The minimum absolute atomic E-state index is 0.0139. The molecule has 234 valence electrons. The maximum Gasteiger partial charge on any atom is 0.304 e. The van der Waals surface area contributed by atoms with Gasteiger partial charge in [-0.05, 0) is 88.1 Å². The number of pyridine rings is 1. The van der Waals surface area contributed by atoms with E-state index < -0.39 is 10.1 Å². The summed E-state index contributed by atoms with van der Waals surface area (Å²) in [5.74, 6) is 2.16. The Morgan fingerprint density at radius 3 is 2.41 bits per heavy atom. The standard InChI is InChI=1S/C27H31N3O3S2.C6H10N2O/c1-5-6-21-12-20(9-10-23(21)24-11-16(2)34-27(24)35(31,32)33)15-30-25-14-22(13-19-7-8-19)28-17(3)26(25)18(4)29-30;1-3-5-4(2)6(7)8-9-5/h9-12,14,19H,5-8,13,15H2,1-4H3,(H,31,32,33);3H2,1-2H3,(H2,7,8). The van der Waals surface area contributed by atoms with Crippen molar-refractivity contribution in [1.82, 2.24) is 19.9 Å². The first-order valence-corrected chi connectivity index (χ1v) is 17.4. The third-order valence-electron chi connectivity index (χ3n) is 8.08. The first kappa shape index (κ1) is 31.9. The molecule has 44 heavy (non-hydrogen) atoms. The predicted octanol–water partition coefficient (Wildman–Crippen LogP) is 7.41. The summed E-state index contributed by atoms with van der Waals surface area (Å²) in [5, 5.41) is 9.57. The van der Waals surface area contributed by atoms with Gasteiger partial charge in [0.25, 0.3) is 0 Å². The number of rotatable bonds is 9. The number of nitrogens with zero attached hydrogens (tertiary/aromatic N) is 4. The van der Waals surface area contributed by atoms with Crippen molar-refractivity contribution in [2.75, 3.05) is 5.73 Å². The van der Waals surface area contributed by atoms with Crippen LogP contribution in [0, 0.1) is 33.6 Å². The van der Waals surface area contributed by atoms with Crippen molar-refractivity contribution < 1.29 is 17.5 Å². The van der Waals surface area contributed by atoms with Gasteiger partial charge in [0.15, 0.2) is 10.0 Å². The Bertz CT molecular complexity index is 1920. The average Bonchev–Trinajstić information content (AvgIpc) is 3.47. The number of aromatic nitrogens is 4. The Morgan fingerprint density at radius 1 is 1.07 bits per heavy atom. The van der Waals surface area contributed by atoms with Gasteiger partial charge in [0.05, 0.1) is 17.8 Å². The van der Waals surface area contributed by atoms with Crippen LogP contribution in [0.4, 0.5) is 5.82 Å². The molecule has 0 spiro atoms. The molecule has 0 amide bonds. The van der Waals surface area contributed by atoms with E-state index in [2.05, 4.69) is 35.8 Å². The molecule has 1 aliphatic rings. The van der Waals surface area contributed by atoms with Crippen LogP contribution in [0.25, 0.3) is 22.0 Å². The molecule has 1 saturated carbocycles. The van der Waals surface area contributed by atoms with Gasteiger partial charge in [-0.25, -0.2) is 0 Å². The summed E-state index contributed by atoms with van der Waals surface area (Å²) in [6.45, 7) is 12.6. The zero-order chi connectivity index (χ0) is 31.8. The SMILES string of the molecule is CCCc1cc(Cn2nc(C)c3c(C)nc(CC4CC4)cc32)ccc1-c1cc(C)sc1S(=O)(=O)O.CCc1onc(N)c1C. The van der Waals surface area contributed by atoms with E-state index in [-0.39, 0.29) is 4.21 Å². The minimum Gasteiger partial charge on any atom is -0.381 e. The van der Waals surface area contributed by atoms with Gasteiger partial charge in [-0.3, -0.25) is 14.2 Å². The number of anilines is 1. The Morgan fingerprint density at radius 2 is 1.82 bits per heavy atom. The molecule has 6 rings (SSSR count). The molecular weight excluding hydrogens is 595 g/mol.